The summed E-state index contributed by atoms with van der Waals surface area (Å²) >= 11 is 6.06. The number of carbonyl (C=O) groups is 1. The molecule has 0 fully saturated rings. The number of carbonyl (C=O) groups excluding carboxylic acids is 1. The van der Waals surface area contributed by atoms with E-state index in [1.54, 1.807) is 29.4 Å². The average Bonchev–Trinajstić information content (AvgIpc) is 3.29. The van der Waals surface area contributed by atoms with Crippen LogP contribution < -0.4 is 4.90 Å². The molecule has 6 heteroatoms. The van der Waals surface area contributed by atoms with Gasteiger partial charge in [-0.3, -0.25) is 19.8 Å². The van der Waals surface area contributed by atoms with Crippen molar-refractivity contribution in [3.8, 4) is 11.3 Å². The number of aromatic amines is 1. The van der Waals surface area contributed by atoms with Crippen LogP contribution in [-0.4, -0.2) is 21.1 Å². The van der Waals surface area contributed by atoms with Gasteiger partial charge in [-0.2, -0.15) is 5.10 Å². The van der Waals surface area contributed by atoms with Gasteiger partial charge in [-0.05, 0) is 42.8 Å². The lowest BCUT2D eigenvalue weighted by Crippen LogP contribution is -2.29. The highest BCUT2D eigenvalue weighted by Gasteiger charge is 2.43. The molecule has 5 rings (SSSR count). The van der Waals surface area contributed by atoms with E-state index in [4.69, 9.17) is 11.6 Å². The van der Waals surface area contributed by atoms with Crippen LogP contribution in [0.1, 0.15) is 33.2 Å². The summed E-state index contributed by atoms with van der Waals surface area (Å²) in [5.74, 6) is -0.123. The molecule has 1 amide bonds. The summed E-state index contributed by atoms with van der Waals surface area (Å²) in [6.07, 6.45) is 3.52. The van der Waals surface area contributed by atoms with Crippen LogP contribution in [0.2, 0.25) is 5.02 Å². The lowest BCUT2D eigenvalue weighted by atomic mass is 9.96. The summed E-state index contributed by atoms with van der Waals surface area (Å²) in [5, 5.41) is 8.09. The molecule has 0 bridgehead atoms. The Morgan fingerprint density at radius 3 is 2.48 bits per heavy atom. The molecule has 0 unspecified atom stereocenters. The van der Waals surface area contributed by atoms with Crippen molar-refractivity contribution in [2.75, 3.05) is 4.90 Å². The van der Waals surface area contributed by atoms with E-state index < -0.39 is 0 Å². The minimum Gasteiger partial charge on any atom is -0.295 e. The average molecular weight is 401 g/mol. The smallest absolute Gasteiger partial charge is 0.277 e. The quantitative estimate of drug-likeness (QED) is 0.515. The largest absolute Gasteiger partial charge is 0.295 e. The van der Waals surface area contributed by atoms with E-state index in [-0.39, 0.29) is 11.9 Å². The van der Waals surface area contributed by atoms with Gasteiger partial charge in [-0.25, -0.2) is 0 Å². The van der Waals surface area contributed by atoms with Gasteiger partial charge in [-0.15, -0.1) is 0 Å². The van der Waals surface area contributed by atoms with E-state index >= 15 is 0 Å². The zero-order valence-electron chi connectivity index (χ0n) is 15.6. The first kappa shape index (κ1) is 17.6. The summed E-state index contributed by atoms with van der Waals surface area (Å²) in [4.78, 5) is 19.4. The fourth-order valence-electron chi connectivity index (χ4n) is 3.80. The number of fused-ring (bicyclic) bond motifs is 1. The monoisotopic (exact) mass is 400 g/mol. The maximum Gasteiger partial charge on any atom is 0.277 e. The molecule has 1 aliphatic rings. The summed E-state index contributed by atoms with van der Waals surface area (Å²) in [7, 11) is 0. The predicted octanol–water partition coefficient (Wildman–Crippen LogP) is 5.18. The number of pyridine rings is 1. The fraction of sp³-hybridized carbons (Fsp3) is 0.0870. The molecule has 1 atom stereocenters. The molecular weight excluding hydrogens is 384 g/mol. The molecule has 3 heterocycles. The number of amides is 1. The van der Waals surface area contributed by atoms with Crippen molar-refractivity contribution in [1.29, 1.82) is 0 Å². The Kier molecular flexibility index (Phi) is 4.18. The van der Waals surface area contributed by atoms with Crippen molar-refractivity contribution < 1.29 is 4.79 Å². The second-order valence-electron chi connectivity index (χ2n) is 7.07. The zero-order valence-corrected chi connectivity index (χ0v) is 16.4. The number of nitrogens with zero attached hydrogens (tertiary/aromatic N) is 3. The standard InChI is InChI=1S/C23H17ClN4O/c1-14-4-6-15(7-5-14)20-19-21(27-26-20)23(29)28(18-10-8-17(24)9-11-18)22(19)16-3-2-12-25-13-16/h2-13,22H,1H3,(H,26,27)/t22-/m1/s1. The highest BCUT2D eigenvalue weighted by Crippen LogP contribution is 2.44. The highest BCUT2D eigenvalue weighted by molar-refractivity contribution is 6.30. The number of hydrogen-bond donors (Lipinski definition) is 1. The van der Waals surface area contributed by atoms with E-state index in [1.807, 2.05) is 55.5 Å². The van der Waals surface area contributed by atoms with Crippen LogP contribution in [0.4, 0.5) is 5.69 Å². The molecule has 29 heavy (non-hydrogen) atoms. The summed E-state index contributed by atoms with van der Waals surface area (Å²) in [6.45, 7) is 2.04. The molecule has 0 saturated heterocycles. The summed E-state index contributed by atoms with van der Waals surface area (Å²) < 4.78 is 0. The Labute approximate surface area is 173 Å². The van der Waals surface area contributed by atoms with Crippen LogP contribution >= 0.6 is 11.6 Å². The number of aromatic nitrogens is 3. The van der Waals surface area contributed by atoms with Gasteiger partial charge < -0.3 is 0 Å². The molecule has 0 aliphatic carbocycles. The Bertz CT molecular complexity index is 1180. The van der Waals surface area contributed by atoms with Crippen molar-refractivity contribution in [3.05, 3.63) is 100 Å². The first-order chi connectivity index (χ1) is 14.1. The van der Waals surface area contributed by atoms with Crippen LogP contribution in [0.15, 0.2) is 73.1 Å². The lowest BCUT2D eigenvalue weighted by molar-refractivity contribution is 0.0989. The number of rotatable bonds is 3. The van der Waals surface area contributed by atoms with Crippen molar-refractivity contribution >= 4 is 23.2 Å². The molecular formula is C23H17ClN4O. The van der Waals surface area contributed by atoms with Gasteiger partial charge in [-0.1, -0.05) is 47.5 Å². The van der Waals surface area contributed by atoms with Crippen molar-refractivity contribution in [2.24, 2.45) is 0 Å². The maximum atomic E-state index is 13.4. The van der Waals surface area contributed by atoms with Crippen molar-refractivity contribution in [2.45, 2.75) is 13.0 Å². The van der Waals surface area contributed by atoms with Crippen LogP contribution in [-0.2, 0) is 0 Å². The lowest BCUT2D eigenvalue weighted by Gasteiger charge is -2.26. The second kappa shape index (κ2) is 6.87. The Hall–Kier alpha value is -3.44. The Balaban J connectivity index is 1.71. The van der Waals surface area contributed by atoms with E-state index in [9.17, 15) is 4.79 Å². The molecule has 0 radical (unpaired) electrons. The Morgan fingerprint density at radius 2 is 1.79 bits per heavy atom. The van der Waals surface area contributed by atoms with Crippen LogP contribution in [0.25, 0.3) is 11.3 Å². The predicted molar refractivity (Wildman–Crippen MR) is 113 cm³/mol. The maximum absolute atomic E-state index is 13.4. The van der Waals surface area contributed by atoms with Crippen LogP contribution in [0, 0.1) is 6.92 Å². The van der Waals surface area contributed by atoms with Crippen LogP contribution in [0.3, 0.4) is 0 Å². The molecule has 0 spiro atoms. The Morgan fingerprint density at radius 1 is 1.03 bits per heavy atom. The van der Waals surface area contributed by atoms with Crippen LogP contribution in [0.5, 0.6) is 0 Å². The second-order valence-corrected chi connectivity index (χ2v) is 7.50. The third kappa shape index (κ3) is 2.91. The van der Waals surface area contributed by atoms with Gasteiger partial charge in [0.2, 0.25) is 0 Å². The molecule has 1 aliphatic heterocycles. The van der Waals surface area contributed by atoms with Gasteiger partial charge in [0.05, 0.1) is 11.7 Å². The fourth-order valence-corrected chi connectivity index (χ4v) is 3.93. The molecule has 0 saturated carbocycles. The highest BCUT2D eigenvalue weighted by atomic mass is 35.5. The van der Waals surface area contributed by atoms with Crippen molar-refractivity contribution in [3.63, 3.8) is 0 Å². The first-order valence-corrected chi connectivity index (χ1v) is 9.65. The summed E-state index contributed by atoms with van der Waals surface area (Å²) in [6, 6.07) is 19.0. The number of H-pyrrole nitrogens is 1. The van der Waals surface area contributed by atoms with E-state index in [1.165, 1.54) is 5.56 Å². The first-order valence-electron chi connectivity index (χ1n) is 9.28. The number of halogens is 1. The molecule has 2 aromatic heterocycles. The number of anilines is 1. The van der Waals surface area contributed by atoms with Gasteiger partial charge in [0.15, 0.2) is 0 Å². The molecule has 2 aromatic carbocycles. The van der Waals surface area contributed by atoms with Crippen molar-refractivity contribution in [1.82, 2.24) is 15.2 Å². The number of hydrogen-bond acceptors (Lipinski definition) is 3. The van der Waals surface area contributed by atoms with E-state index in [0.717, 1.165) is 28.1 Å². The normalized spacial score (nSPS) is 15.6. The van der Waals surface area contributed by atoms with Gasteiger partial charge in [0.25, 0.3) is 5.91 Å². The van der Waals surface area contributed by atoms with E-state index in [0.29, 0.717) is 10.7 Å². The minimum atomic E-state index is -0.331. The van der Waals surface area contributed by atoms with E-state index in [2.05, 4.69) is 15.2 Å². The van der Waals surface area contributed by atoms with Gasteiger partial charge >= 0.3 is 0 Å². The number of nitrogens with one attached hydrogen (secondary N) is 1. The third-order valence-corrected chi connectivity index (χ3v) is 5.45. The van der Waals surface area contributed by atoms with Gasteiger partial charge in [0.1, 0.15) is 5.69 Å². The number of aryl methyl sites for hydroxylation is 1. The SMILES string of the molecule is Cc1ccc(-c2n[nH]c3c2[C@@H](c2cccnc2)N(c2ccc(Cl)cc2)C3=O)cc1. The number of benzene rings is 2. The molecule has 1 N–H and O–H groups in total. The molecule has 5 nitrogen and oxygen atoms in total. The topological polar surface area (TPSA) is 61.9 Å². The molecule has 4 aromatic rings. The minimum absolute atomic E-state index is 0.123. The summed E-state index contributed by atoms with van der Waals surface area (Å²) in [5.41, 5.74) is 5.97. The molecule has 142 valence electrons. The third-order valence-electron chi connectivity index (χ3n) is 5.20. The van der Waals surface area contributed by atoms with Gasteiger partial charge in [0, 0.05) is 34.2 Å². The zero-order chi connectivity index (χ0) is 20.0.